The number of aryl methyl sites for hydroxylation is 1. The maximum absolute atomic E-state index is 12.5. The van der Waals surface area contributed by atoms with Crippen LogP contribution in [-0.2, 0) is 16.6 Å². The first kappa shape index (κ1) is 24.2. The standard InChI is InChI=1S/C21H19F3N6O4S/c1-30-15-5-2-11(18(32)26-6-7-33-10-17(25)31)8-14(15)27-19(30)29-20-28-13-4-3-12(9-16(13)35-20)34-21(22,23)24/h2-5,8-9H,6-7,10H2,1H3,(H2,25,31)(H,26,32)(H,27,28,29). The molecule has 2 amide bonds. The van der Waals surface area contributed by atoms with Gasteiger partial charge in [-0.15, -0.1) is 13.2 Å². The average molecular weight is 508 g/mol. The number of amides is 2. The first-order valence-corrected chi connectivity index (χ1v) is 10.9. The van der Waals surface area contributed by atoms with E-state index in [9.17, 15) is 22.8 Å². The molecule has 4 N–H and O–H groups in total. The molecular formula is C21H19F3N6O4S. The van der Waals surface area contributed by atoms with E-state index in [2.05, 4.69) is 25.3 Å². The number of alkyl halides is 3. The van der Waals surface area contributed by atoms with Crippen molar-refractivity contribution in [1.29, 1.82) is 0 Å². The Hall–Kier alpha value is -3.91. The SMILES string of the molecule is Cn1c(Nc2nc3ccc(OC(F)(F)F)cc3s2)nc2cc(C(=O)NCCOCC(N)=O)ccc21. The molecular weight excluding hydrogens is 489 g/mol. The summed E-state index contributed by atoms with van der Waals surface area (Å²) in [4.78, 5) is 31.9. The zero-order chi connectivity index (χ0) is 25.2. The number of fused-ring (bicyclic) bond motifs is 2. The third kappa shape index (κ3) is 5.96. The number of nitrogens with zero attached hydrogens (tertiary/aromatic N) is 3. The van der Waals surface area contributed by atoms with E-state index >= 15 is 0 Å². The summed E-state index contributed by atoms with van der Waals surface area (Å²) in [5.41, 5.74) is 7.16. The lowest BCUT2D eigenvalue weighted by Gasteiger charge is -2.07. The molecule has 0 bridgehead atoms. The summed E-state index contributed by atoms with van der Waals surface area (Å²) in [6, 6.07) is 8.92. The number of thiazole rings is 1. The van der Waals surface area contributed by atoms with Gasteiger partial charge in [-0.25, -0.2) is 9.97 Å². The molecule has 0 aliphatic heterocycles. The largest absolute Gasteiger partial charge is 0.573 e. The van der Waals surface area contributed by atoms with Crippen molar-refractivity contribution in [2.75, 3.05) is 25.1 Å². The van der Waals surface area contributed by atoms with Gasteiger partial charge in [0, 0.05) is 25.2 Å². The van der Waals surface area contributed by atoms with Crippen molar-refractivity contribution in [2.24, 2.45) is 12.8 Å². The smallest absolute Gasteiger partial charge is 0.406 e. The van der Waals surface area contributed by atoms with E-state index in [1.807, 2.05) is 0 Å². The van der Waals surface area contributed by atoms with E-state index < -0.39 is 12.3 Å². The number of ether oxygens (including phenoxy) is 2. The zero-order valence-corrected chi connectivity index (χ0v) is 19.0. The molecule has 10 nitrogen and oxygen atoms in total. The van der Waals surface area contributed by atoms with Crippen LogP contribution in [0.3, 0.4) is 0 Å². The van der Waals surface area contributed by atoms with Gasteiger partial charge in [-0.3, -0.25) is 9.59 Å². The van der Waals surface area contributed by atoms with Crippen LogP contribution in [0.1, 0.15) is 10.4 Å². The van der Waals surface area contributed by atoms with E-state index in [1.54, 1.807) is 29.8 Å². The van der Waals surface area contributed by atoms with Crippen molar-refractivity contribution < 1.29 is 32.2 Å². The van der Waals surface area contributed by atoms with Gasteiger partial charge in [0.25, 0.3) is 5.91 Å². The number of hydrogen-bond donors (Lipinski definition) is 3. The zero-order valence-electron chi connectivity index (χ0n) is 18.2. The van der Waals surface area contributed by atoms with Crippen LogP contribution >= 0.6 is 11.3 Å². The summed E-state index contributed by atoms with van der Waals surface area (Å²) < 4.78 is 48.6. The van der Waals surface area contributed by atoms with Crippen molar-refractivity contribution in [3.05, 3.63) is 42.0 Å². The third-order valence-electron chi connectivity index (χ3n) is 4.73. The quantitative estimate of drug-likeness (QED) is 0.296. The van der Waals surface area contributed by atoms with Crippen LogP contribution in [0.4, 0.5) is 24.3 Å². The molecule has 0 saturated carbocycles. The highest BCUT2D eigenvalue weighted by molar-refractivity contribution is 7.22. The van der Waals surface area contributed by atoms with E-state index in [4.69, 9.17) is 10.5 Å². The molecule has 0 aliphatic rings. The van der Waals surface area contributed by atoms with Gasteiger partial charge in [0.1, 0.15) is 12.4 Å². The van der Waals surface area contributed by atoms with Gasteiger partial charge in [0.15, 0.2) is 5.13 Å². The Labute approximate surface area is 199 Å². The highest BCUT2D eigenvalue weighted by Crippen LogP contribution is 2.33. The number of imidazole rings is 1. The van der Waals surface area contributed by atoms with Crippen molar-refractivity contribution in [1.82, 2.24) is 19.9 Å². The summed E-state index contributed by atoms with van der Waals surface area (Å²) in [7, 11) is 1.77. The van der Waals surface area contributed by atoms with E-state index in [0.717, 1.165) is 16.9 Å². The molecule has 2 aromatic heterocycles. The third-order valence-corrected chi connectivity index (χ3v) is 5.67. The van der Waals surface area contributed by atoms with Crippen molar-refractivity contribution in [3.8, 4) is 5.75 Å². The minimum atomic E-state index is -4.78. The van der Waals surface area contributed by atoms with Crippen molar-refractivity contribution in [2.45, 2.75) is 6.36 Å². The lowest BCUT2D eigenvalue weighted by atomic mass is 10.2. The molecule has 14 heteroatoms. The van der Waals surface area contributed by atoms with E-state index in [-0.39, 0.29) is 31.4 Å². The molecule has 0 fully saturated rings. The molecule has 0 radical (unpaired) electrons. The summed E-state index contributed by atoms with van der Waals surface area (Å²) in [5, 5.41) is 6.17. The van der Waals surface area contributed by atoms with Crippen molar-refractivity contribution in [3.63, 3.8) is 0 Å². The second kappa shape index (κ2) is 9.76. The van der Waals surface area contributed by atoms with Gasteiger partial charge in [-0.05, 0) is 30.3 Å². The average Bonchev–Trinajstić information content (AvgIpc) is 3.31. The molecule has 184 valence electrons. The predicted octanol–water partition coefficient (Wildman–Crippen LogP) is 3.06. The Morgan fingerprint density at radius 2 is 1.94 bits per heavy atom. The van der Waals surface area contributed by atoms with Gasteiger partial charge in [-0.2, -0.15) is 0 Å². The van der Waals surface area contributed by atoms with Crippen LogP contribution < -0.4 is 21.1 Å². The highest BCUT2D eigenvalue weighted by atomic mass is 32.1. The summed E-state index contributed by atoms with van der Waals surface area (Å²) >= 11 is 1.15. The number of benzene rings is 2. The normalized spacial score (nSPS) is 11.7. The Balaban J connectivity index is 1.47. The molecule has 0 spiro atoms. The van der Waals surface area contributed by atoms with Gasteiger partial charge in [0.2, 0.25) is 11.9 Å². The van der Waals surface area contributed by atoms with Gasteiger partial charge in [0.05, 0.1) is 27.9 Å². The van der Waals surface area contributed by atoms with Crippen LogP contribution in [0.15, 0.2) is 36.4 Å². The topological polar surface area (TPSA) is 133 Å². The van der Waals surface area contributed by atoms with Crippen LogP contribution in [0.25, 0.3) is 21.3 Å². The fourth-order valence-corrected chi connectivity index (χ4v) is 4.10. The Morgan fingerprint density at radius 3 is 2.69 bits per heavy atom. The van der Waals surface area contributed by atoms with Gasteiger partial charge in [-0.1, -0.05) is 11.3 Å². The Kier molecular flexibility index (Phi) is 6.75. The molecule has 2 aromatic carbocycles. The van der Waals surface area contributed by atoms with E-state index in [1.165, 1.54) is 18.2 Å². The number of hydrogen-bond acceptors (Lipinski definition) is 8. The molecule has 35 heavy (non-hydrogen) atoms. The monoisotopic (exact) mass is 508 g/mol. The molecule has 0 saturated heterocycles. The predicted molar refractivity (Wildman–Crippen MR) is 123 cm³/mol. The number of aromatic nitrogens is 3. The lowest BCUT2D eigenvalue weighted by molar-refractivity contribution is -0.274. The first-order chi connectivity index (χ1) is 16.6. The minimum Gasteiger partial charge on any atom is -0.406 e. The minimum absolute atomic E-state index is 0.139. The molecule has 4 rings (SSSR count). The number of halogens is 3. The summed E-state index contributed by atoms with van der Waals surface area (Å²) in [6.45, 7) is 0.121. The van der Waals surface area contributed by atoms with Gasteiger partial charge >= 0.3 is 6.36 Å². The number of carbonyl (C=O) groups excluding carboxylic acids is 2. The fourth-order valence-electron chi connectivity index (χ4n) is 3.22. The van der Waals surface area contributed by atoms with Crippen molar-refractivity contribution >= 4 is 55.5 Å². The summed E-state index contributed by atoms with van der Waals surface area (Å²) in [6.07, 6.45) is -4.78. The lowest BCUT2D eigenvalue weighted by Crippen LogP contribution is -2.28. The second-order valence-electron chi connectivity index (χ2n) is 7.29. The number of nitrogens with one attached hydrogen (secondary N) is 2. The summed E-state index contributed by atoms with van der Waals surface area (Å²) in [5.74, 6) is -0.818. The van der Waals surface area contributed by atoms with Crippen LogP contribution in [-0.4, -0.2) is 52.5 Å². The molecule has 2 heterocycles. The van der Waals surface area contributed by atoms with Gasteiger partial charge < -0.3 is 30.4 Å². The Bertz CT molecular complexity index is 1400. The molecule has 4 aromatic rings. The number of rotatable bonds is 9. The van der Waals surface area contributed by atoms with Crippen LogP contribution in [0.2, 0.25) is 0 Å². The molecule has 0 aliphatic carbocycles. The van der Waals surface area contributed by atoms with E-state index in [0.29, 0.717) is 32.4 Å². The first-order valence-electron chi connectivity index (χ1n) is 10.1. The Morgan fingerprint density at radius 1 is 1.14 bits per heavy atom. The molecule has 0 unspecified atom stereocenters. The molecule has 0 atom stereocenters. The highest BCUT2D eigenvalue weighted by Gasteiger charge is 2.31. The van der Waals surface area contributed by atoms with Crippen LogP contribution in [0.5, 0.6) is 5.75 Å². The number of nitrogens with two attached hydrogens (primary N) is 1. The number of anilines is 2. The van der Waals surface area contributed by atoms with Crippen LogP contribution in [0, 0.1) is 0 Å². The maximum atomic E-state index is 12.5. The maximum Gasteiger partial charge on any atom is 0.573 e. The second-order valence-corrected chi connectivity index (χ2v) is 8.32. The fraction of sp³-hybridized carbons (Fsp3) is 0.238. The number of carbonyl (C=O) groups is 2. The number of primary amides is 1.